The molecule has 1 aromatic rings. The SMILES string of the molecule is Cc1ccc(C#N)cc1S(=O)(=O)N(CCCO)CC(C)(C)C. The van der Waals surface area contributed by atoms with Crippen LogP contribution in [0.25, 0.3) is 0 Å². The summed E-state index contributed by atoms with van der Waals surface area (Å²) in [5.41, 5.74) is 0.729. The molecule has 1 rings (SSSR count). The molecule has 22 heavy (non-hydrogen) atoms. The monoisotopic (exact) mass is 324 g/mol. The topological polar surface area (TPSA) is 81.4 Å². The first-order valence-electron chi connectivity index (χ1n) is 7.23. The zero-order valence-corrected chi connectivity index (χ0v) is 14.4. The molecule has 0 aliphatic heterocycles. The maximum Gasteiger partial charge on any atom is 0.243 e. The molecule has 0 fully saturated rings. The first kappa shape index (κ1) is 18.6. The highest BCUT2D eigenvalue weighted by atomic mass is 32.2. The number of nitriles is 1. The van der Waals surface area contributed by atoms with Gasteiger partial charge in [0.1, 0.15) is 0 Å². The molecule has 0 aromatic heterocycles. The Labute approximate surface area is 133 Å². The quantitative estimate of drug-likeness (QED) is 0.870. The summed E-state index contributed by atoms with van der Waals surface area (Å²) in [6.45, 7) is 8.16. The Morgan fingerprint density at radius 1 is 1.32 bits per heavy atom. The standard InChI is InChI=1S/C16H24N2O3S/c1-13-6-7-14(11-17)10-15(13)22(20,21)18(8-5-9-19)12-16(2,3)4/h6-7,10,19H,5,8-9,12H2,1-4H3. The van der Waals surface area contributed by atoms with Gasteiger partial charge in [0.25, 0.3) is 0 Å². The van der Waals surface area contributed by atoms with E-state index in [1.807, 2.05) is 26.8 Å². The predicted octanol–water partition coefficient (Wildman–Crippen LogP) is 2.29. The van der Waals surface area contributed by atoms with Crippen molar-refractivity contribution in [1.82, 2.24) is 4.31 Å². The third-order valence-electron chi connectivity index (χ3n) is 3.15. The molecule has 1 N–H and O–H groups in total. The lowest BCUT2D eigenvalue weighted by Gasteiger charge is -2.29. The predicted molar refractivity (Wildman–Crippen MR) is 85.8 cm³/mol. The summed E-state index contributed by atoms with van der Waals surface area (Å²) in [6, 6.07) is 6.64. The first-order valence-corrected chi connectivity index (χ1v) is 8.67. The lowest BCUT2D eigenvalue weighted by atomic mass is 9.97. The number of benzene rings is 1. The second-order valence-electron chi connectivity index (χ2n) is 6.57. The molecule has 0 bridgehead atoms. The lowest BCUT2D eigenvalue weighted by molar-refractivity contribution is 0.241. The van der Waals surface area contributed by atoms with Gasteiger partial charge >= 0.3 is 0 Å². The van der Waals surface area contributed by atoms with Gasteiger partial charge in [-0.05, 0) is 36.5 Å². The number of aliphatic hydroxyl groups excluding tert-OH is 1. The second kappa shape index (κ2) is 7.23. The Kier molecular flexibility index (Phi) is 6.12. The van der Waals surface area contributed by atoms with Crippen molar-refractivity contribution >= 4 is 10.0 Å². The smallest absolute Gasteiger partial charge is 0.243 e. The number of nitrogens with zero attached hydrogens (tertiary/aromatic N) is 2. The van der Waals surface area contributed by atoms with E-state index in [-0.39, 0.29) is 23.5 Å². The van der Waals surface area contributed by atoms with E-state index in [0.717, 1.165) is 0 Å². The third kappa shape index (κ3) is 4.80. The van der Waals surface area contributed by atoms with Crippen LogP contribution in [0.2, 0.25) is 0 Å². The number of rotatable bonds is 6. The fourth-order valence-corrected chi connectivity index (χ4v) is 4.10. The normalized spacial score (nSPS) is 12.4. The minimum absolute atomic E-state index is 0.0621. The van der Waals surface area contributed by atoms with Crippen LogP contribution >= 0.6 is 0 Å². The summed E-state index contributed by atoms with van der Waals surface area (Å²) < 4.78 is 27.3. The number of hydrogen-bond donors (Lipinski definition) is 1. The molecule has 0 aliphatic rings. The van der Waals surface area contributed by atoms with Gasteiger partial charge in [0.05, 0.1) is 16.5 Å². The van der Waals surface area contributed by atoms with Crippen LogP contribution in [0.1, 0.15) is 38.3 Å². The highest BCUT2D eigenvalue weighted by Gasteiger charge is 2.29. The molecule has 0 unspecified atom stereocenters. The summed E-state index contributed by atoms with van der Waals surface area (Å²) >= 11 is 0. The van der Waals surface area contributed by atoms with Crippen molar-refractivity contribution < 1.29 is 13.5 Å². The molecule has 0 spiro atoms. The molecule has 0 radical (unpaired) electrons. The molecular formula is C16H24N2O3S. The Morgan fingerprint density at radius 3 is 2.45 bits per heavy atom. The summed E-state index contributed by atoms with van der Waals surface area (Å²) in [5.74, 6) is 0. The van der Waals surface area contributed by atoms with E-state index in [0.29, 0.717) is 24.1 Å². The number of aryl methyl sites for hydroxylation is 1. The summed E-state index contributed by atoms with van der Waals surface area (Å²) in [5, 5.41) is 18.0. The molecule has 0 amide bonds. The Bertz CT molecular complexity index is 655. The van der Waals surface area contributed by atoms with E-state index in [1.54, 1.807) is 19.1 Å². The molecule has 0 saturated carbocycles. The summed E-state index contributed by atoms with van der Waals surface area (Å²) in [6.07, 6.45) is 0.381. The molecule has 1 aromatic carbocycles. The van der Waals surface area contributed by atoms with Crippen molar-refractivity contribution in [2.45, 2.75) is 39.0 Å². The van der Waals surface area contributed by atoms with Crippen LogP contribution in [-0.2, 0) is 10.0 Å². The summed E-state index contributed by atoms with van der Waals surface area (Å²) in [4.78, 5) is 0.161. The van der Waals surface area contributed by atoms with E-state index < -0.39 is 10.0 Å². The van der Waals surface area contributed by atoms with Crippen molar-refractivity contribution in [3.05, 3.63) is 29.3 Å². The van der Waals surface area contributed by atoms with Gasteiger partial charge in [-0.15, -0.1) is 0 Å². The van der Waals surface area contributed by atoms with Crippen LogP contribution in [0, 0.1) is 23.7 Å². The summed E-state index contributed by atoms with van der Waals surface area (Å²) in [7, 11) is -3.70. The minimum atomic E-state index is -3.70. The Balaban J connectivity index is 3.29. The van der Waals surface area contributed by atoms with Crippen molar-refractivity contribution in [3.8, 4) is 6.07 Å². The van der Waals surface area contributed by atoms with Crippen molar-refractivity contribution in [3.63, 3.8) is 0 Å². The molecule has 122 valence electrons. The van der Waals surface area contributed by atoms with Gasteiger partial charge in [-0.2, -0.15) is 9.57 Å². The van der Waals surface area contributed by atoms with E-state index in [1.165, 1.54) is 10.4 Å². The van der Waals surface area contributed by atoms with Crippen LogP contribution in [-0.4, -0.2) is 37.5 Å². The van der Waals surface area contributed by atoms with Crippen molar-refractivity contribution in [1.29, 1.82) is 5.26 Å². The van der Waals surface area contributed by atoms with E-state index in [2.05, 4.69) is 0 Å². The molecule has 0 heterocycles. The largest absolute Gasteiger partial charge is 0.396 e. The van der Waals surface area contributed by atoms with Crippen molar-refractivity contribution in [2.75, 3.05) is 19.7 Å². The molecular weight excluding hydrogens is 300 g/mol. The molecule has 5 nitrogen and oxygen atoms in total. The maximum atomic E-state index is 12.9. The van der Waals surface area contributed by atoms with Crippen LogP contribution < -0.4 is 0 Å². The van der Waals surface area contributed by atoms with Crippen LogP contribution in [0.5, 0.6) is 0 Å². The third-order valence-corrected chi connectivity index (χ3v) is 5.14. The van der Waals surface area contributed by atoms with Gasteiger partial charge in [-0.1, -0.05) is 26.8 Å². The van der Waals surface area contributed by atoms with Gasteiger partial charge in [0.15, 0.2) is 0 Å². The fourth-order valence-electron chi connectivity index (χ4n) is 2.15. The maximum absolute atomic E-state index is 12.9. The van der Waals surface area contributed by atoms with Gasteiger partial charge < -0.3 is 5.11 Å². The molecule has 6 heteroatoms. The fraction of sp³-hybridized carbons (Fsp3) is 0.562. The Morgan fingerprint density at radius 2 is 1.95 bits per heavy atom. The zero-order valence-electron chi connectivity index (χ0n) is 13.6. The van der Waals surface area contributed by atoms with Gasteiger partial charge in [0.2, 0.25) is 10.0 Å². The van der Waals surface area contributed by atoms with Crippen LogP contribution in [0.15, 0.2) is 23.1 Å². The molecule has 0 aliphatic carbocycles. The number of aliphatic hydroxyl groups is 1. The van der Waals surface area contributed by atoms with Gasteiger partial charge in [-0.3, -0.25) is 0 Å². The van der Waals surface area contributed by atoms with Gasteiger partial charge in [0, 0.05) is 19.7 Å². The minimum Gasteiger partial charge on any atom is -0.396 e. The Hall–Kier alpha value is -1.42. The van der Waals surface area contributed by atoms with Crippen molar-refractivity contribution in [2.24, 2.45) is 5.41 Å². The average Bonchev–Trinajstić information content (AvgIpc) is 2.42. The average molecular weight is 324 g/mol. The molecule has 0 atom stereocenters. The van der Waals surface area contributed by atoms with E-state index in [4.69, 9.17) is 10.4 Å². The van der Waals surface area contributed by atoms with E-state index in [9.17, 15) is 8.42 Å². The van der Waals surface area contributed by atoms with E-state index >= 15 is 0 Å². The number of hydrogen-bond acceptors (Lipinski definition) is 4. The number of sulfonamides is 1. The van der Waals surface area contributed by atoms with Crippen LogP contribution in [0.3, 0.4) is 0 Å². The highest BCUT2D eigenvalue weighted by Crippen LogP contribution is 2.25. The van der Waals surface area contributed by atoms with Gasteiger partial charge in [-0.25, -0.2) is 8.42 Å². The second-order valence-corrected chi connectivity index (χ2v) is 8.47. The molecule has 0 saturated heterocycles. The first-order chi connectivity index (χ1) is 10.1. The highest BCUT2D eigenvalue weighted by molar-refractivity contribution is 7.89. The lowest BCUT2D eigenvalue weighted by Crippen LogP contribution is -2.39. The van der Waals surface area contributed by atoms with Crippen LogP contribution in [0.4, 0.5) is 0 Å². The zero-order chi connectivity index (χ0) is 17.0.